The largest absolute Gasteiger partial charge is 0.497 e. The molecule has 1 unspecified atom stereocenters. The lowest BCUT2D eigenvalue weighted by Crippen LogP contribution is -2.31. The molecule has 2 aromatic carbocycles. The predicted molar refractivity (Wildman–Crippen MR) is 90.5 cm³/mol. The van der Waals surface area contributed by atoms with Gasteiger partial charge in [0.2, 0.25) is 5.91 Å². The molecule has 0 spiro atoms. The molecule has 0 aliphatic rings. The molecule has 0 saturated heterocycles. The Hall–Kier alpha value is -2.00. The number of ether oxygens (including phenoxy) is 1. The van der Waals surface area contributed by atoms with E-state index in [0.717, 1.165) is 23.3 Å². The van der Waals surface area contributed by atoms with Gasteiger partial charge in [-0.1, -0.05) is 36.4 Å². The van der Waals surface area contributed by atoms with E-state index in [4.69, 9.17) is 16.3 Å². The Labute approximate surface area is 136 Å². The fourth-order valence-electron chi connectivity index (χ4n) is 2.12. The van der Waals surface area contributed by atoms with Gasteiger partial charge in [0.25, 0.3) is 0 Å². The van der Waals surface area contributed by atoms with E-state index in [-0.39, 0.29) is 5.91 Å². The molecular weight excluding hydrogens is 298 g/mol. The van der Waals surface area contributed by atoms with Crippen molar-refractivity contribution in [3.8, 4) is 16.9 Å². The third-order valence-corrected chi connectivity index (χ3v) is 3.65. The number of halogens is 1. The highest BCUT2D eigenvalue weighted by atomic mass is 35.5. The number of hydrogen-bond donors (Lipinski definition) is 1. The SMILES string of the molecule is COc1ccc(-c2ccc(CCNC(=O)C(C)Cl)cc2)cc1. The van der Waals surface area contributed by atoms with Crippen LogP contribution in [0.25, 0.3) is 11.1 Å². The van der Waals surface area contributed by atoms with E-state index in [1.165, 1.54) is 5.56 Å². The van der Waals surface area contributed by atoms with Crippen molar-refractivity contribution in [1.29, 1.82) is 0 Å². The van der Waals surface area contributed by atoms with Gasteiger partial charge in [0, 0.05) is 6.54 Å². The second-order valence-electron chi connectivity index (χ2n) is 5.08. The molecule has 4 heteroatoms. The van der Waals surface area contributed by atoms with Crippen molar-refractivity contribution in [2.45, 2.75) is 18.7 Å². The van der Waals surface area contributed by atoms with Crippen LogP contribution in [0.4, 0.5) is 0 Å². The third-order valence-electron chi connectivity index (χ3n) is 3.45. The van der Waals surface area contributed by atoms with Crippen LogP contribution in [0.5, 0.6) is 5.75 Å². The number of rotatable bonds is 6. The zero-order valence-electron chi connectivity index (χ0n) is 12.8. The maximum atomic E-state index is 11.4. The summed E-state index contributed by atoms with van der Waals surface area (Å²) in [4.78, 5) is 11.4. The molecule has 1 atom stereocenters. The lowest BCUT2D eigenvalue weighted by molar-refractivity contribution is -0.120. The van der Waals surface area contributed by atoms with Crippen molar-refractivity contribution in [2.24, 2.45) is 0 Å². The first-order valence-electron chi connectivity index (χ1n) is 7.25. The summed E-state index contributed by atoms with van der Waals surface area (Å²) in [6, 6.07) is 16.3. The fourth-order valence-corrected chi connectivity index (χ4v) is 2.20. The first kappa shape index (κ1) is 16.4. The van der Waals surface area contributed by atoms with Crippen LogP contribution in [0.2, 0.25) is 0 Å². The Bertz CT molecular complexity index is 606. The van der Waals surface area contributed by atoms with E-state index < -0.39 is 5.38 Å². The van der Waals surface area contributed by atoms with Crippen molar-refractivity contribution < 1.29 is 9.53 Å². The van der Waals surface area contributed by atoms with Gasteiger partial charge in [0.05, 0.1) is 7.11 Å². The second kappa shape index (κ2) is 7.85. The molecule has 2 aromatic rings. The Kier molecular flexibility index (Phi) is 5.84. The molecule has 0 aromatic heterocycles. The molecule has 22 heavy (non-hydrogen) atoms. The van der Waals surface area contributed by atoms with Gasteiger partial charge in [-0.3, -0.25) is 4.79 Å². The summed E-state index contributed by atoms with van der Waals surface area (Å²) in [5, 5.41) is 2.32. The molecular formula is C18H20ClNO2. The molecule has 0 radical (unpaired) electrons. The Morgan fingerprint density at radius 3 is 2.14 bits per heavy atom. The van der Waals surface area contributed by atoms with E-state index in [9.17, 15) is 4.79 Å². The number of nitrogens with one attached hydrogen (secondary N) is 1. The third kappa shape index (κ3) is 4.50. The predicted octanol–water partition coefficient (Wildman–Crippen LogP) is 3.65. The average Bonchev–Trinajstić information content (AvgIpc) is 2.55. The van der Waals surface area contributed by atoms with Gasteiger partial charge in [0.1, 0.15) is 11.1 Å². The van der Waals surface area contributed by atoms with E-state index in [0.29, 0.717) is 6.54 Å². The Morgan fingerprint density at radius 1 is 1.09 bits per heavy atom. The van der Waals surface area contributed by atoms with Crippen LogP contribution in [0, 0.1) is 0 Å². The molecule has 0 aliphatic carbocycles. The standard InChI is InChI=1S/C18H20ClNO2/c1-13(19)18(21)20-12-11-14-3-5-15(6-4-14)16-7-9-17(22-2)10-8-16/h3-10,13H,11-12H2,1-2H3,(H,20,21). The van der Waals surface area contributed by atoms with E-state index in [2.05, 4.69) is 29.6 Å². The van der Waals surface area contributed by atoms with Crippen LogP contribution in [-0.4, -0.2) is 24.9 Å². The maximum Gasteiger partial charge on any atom is 0.237 e. The molecule has 1 N–H and O–H groups in total. The molecule has 0 bridgehead atoms. The molecule has 0 heterocycles. The minimum Gasteiger partial charge on any atom is -0.497 e. The number of methoxy groups -OCH3 is 1. The first-order chi connectivity index (χ1) is 10.6. The van der Waals surface area contributed by atoms with E-state index >= 15 is 0 Å². The Balaban J connectivity index is 1.93. The molecule has 1 amide bonds. The van der Waals surface area contributed by atoms with Crippen LogP contribution < -0.4 is 10.1 Å². The molecule has 0 aliphatic heterocycles. The number of carbonyl (C=O) groups is 1. The smallest absolute Gasteiger partial charge is 0.237 e. The monoisotopic (exact) mass is 317 g/mol. The highest BCUT2D eigenvalue weighted by Gasteiger charge is 2.07. The average molecular weight is 318 g/mol. The van der Waals surface area contributed by atoms with Crippen LogP contribution in [0.3, 0.4) is 0 Å². The molecule has 2 rings (SSSR count). The lowest BCUT2D eigenvalue weighted by atomic mass is 10.0. The quantitative estimate of drug-likeness (QED) is 0.826. The van der Waals surface area contributed by atoms with Crippen LogP contribution in [-0.2, 0) is 11.2 Å². The van der Waals surface area contributed by atoms with Gasteiger partial charge < -0.3 is 10.1 Å². The van der Waals surface area contributed by atoms with Crippen LogP contribution in [0.1, 0.15) is 12.5 Å². The minimum absolute atomic E-state index is 0.128. The number of carbonyl (C=O) groups excluding carboxylic acids is 1. The van der Waals surface area contributed by atoms with E-state index in [1.807, 2.05) is 24.3 Å². The number of alkyl halides is 1. The van der Waals surface area contributed by atoms with E-state index in [1.54, 1.807) is 14.0 Å². The summed E-state index contributed by atoms with van der Waals surface area (Å²) < 4.78 is 5.16. The van der Waals surface area contributed by atoms with Crippen molar-refractivity contribution in [3.05, 3.63) is 54.1 Å². The summed E-state index contributed by atoms with van der Waals surface area (Å²) in [7, 11) is 1.66. The zero-order valence-corrected chi connectivity index (χ0v) is 13.6. The molecule has 0 saturated carbocycles. The lowest BCUT2D eigenvalue weighted by Gasteiger charge is -2.08. The molecule has 116 valence electrons. The number of hydrogen-bond acceptors (Lipinski definition) is 2. The van der Waals surface area contributed by atoms with Gasteiger partial charge >= 0.3 is 0 Å². The summed E-state index contributed by atoms with van der Waals surface area (Å²) >= 11 is 5.70. The normalized spacial score (nSPS) is 11.8. The highest BCUT2D eigenvalue weighted by Crippen LogP contribution is 2.22. The number of amides is 1. The highest BCUT2D eigenvalue weighted by molar-refractivity contribution is 6.30. The van der Waals surface area contributed by atoms with Gasteiger partial charge in [-0.2, -0.15) is 0 Å². The van der Waals surface area contributed by atoms with Crippen molar-refractivity contribution in [1.82, 2.24) is 5.32 Å². The van der Waals surface area contributed by atoms with Crippen LogP contribution in [0.15, 0.2) is 48.5 Å². The first-order valence-corrected chi connectivity index (χ1v) is 7.69. The van der Waals surface area contributed by atoms with Crippen LogP contribution >= 0.6 is 11.6 Å². The number of benzene rings is 2. The summed E-state index contributed by atoms with van der Waals surface area (Å²) in [6.45, 7) is 2.26. The summed E-state index contributed by atoms with van der Waals surface area (Å²) in [5.74, 6) is 0.723. The van der Waals surface area contributed by atoms with Gasteiger partial charge in [-0.15, -0.1) is 11.6 Å². The minimum atomic E-state index is -0.488. The molecule has 0 fully saturated rings. The summed E-state index contributed by atoms with van der Waals surface area (Å²) in [6.07, 6.45) is 0.790. The molecule has 3 nitrogen and oxygen atoms in total. The maximum absolute atomic E-state index is 11.4. The van der Waals surface area contributed by atoms with Crippen molar-refractivity contribution in [2.75, 3.05) is 13.7 Å². The van der Waals surface area contributed by atoms with Gasteiger partial charge in [-0.05, 0) is 42.2 Å². The van der Waals surface area contributed by atoms with Crippen molar-refractivity contribution in [3.63, 3.8) is 0 Å². The second-order valence-corrected chi connectivity index (χ2v) is 5.74. The fraction of sp³-hybridized carbons (Fsp3) is 0.278. The van der Waals surface area contributed by atoms with Crippen molar-refractivity contribution >= 4 is 17.5 Å². The Morgan fingerprint density at radius 2 is 1.64 bits per heavy atom. The summed E-state index contributed by atoms with van der Waals surface area (Å²) in [5.41, 5.74) is 3.49. The topological polar surface area (TPSA) is 38.3 Å². The van der Waals surface area contributed by atoms with Gasteiger partial charge in [-0.25, -0.2) is 0 Å². The van der Waals surface area contributed by atoms with Gasteiger partial charge in [0.15, 0.2) is 0 Å². The zero-order chi connectivity index (χ0) is 15.9.